The normalized spacial score (nSPS) is 21.1. The molecule has 1 aliphatic heterocycles. The summed E-state index contributed by atoms with van der Waals surface area (Å²) in [7, 11) is 1.84. The van der Waals surface area contributed by atoms with Gasteiger partial charge < -0.3 is 14.7 Å². The Kier molecular flexibility index (Phi) is 4.52. The Morgan fingerprint density at radius 3 is 3.09 bits per heavy atom. The van der Waals surface area contributed by atoms with Gasteiger partial charge >= 0.3 is 0 Å². The summed E-state index contributed by atoms with van der Waals surface area (Å²) in [6, 6.07) is 3.96. The lowest BCUT2D eigenvalue weighted by molar-refractivity contribution is 0.356. The molecule has 4 nitrogen and oxygen atoms in total. The van der Waals surface area contributed by atoms with Gasteiger partial charge in [0.25, 0.3) is 0 Å². The van der Waals surface area contributed by atoms with E-state index in [1.807, 2.05) is 30.6 Å². The molecule has 0 amide bonds. The second-order valence-electron chi connectivity index (χ2n) is 5.21. The topological polar surface area (TPSA) is 41.3 Å². The first-order chi connectivity index (χ1) is 10.6. The number of aromatic nitrogens is 1. The predicted octanol–water partition coefficient (Wildman–Crippen LogP) is 4.11. The van der Waals surface area contributed by atoms with Gasteiger partial charge in [-0.25, -0.2) is 0 Å². The van der Waals surface area contributed by atoms with Crippen molar-refractivity contribution < 1.29 is 4.52 Å². The molecule has 2 atom stereocenters. The van der Waals surface area contributed by atoms with Gasteiger partial charge in [0, 0.05) is 30.6 Å². The Balaban J connectivity index is 1.87. The minimum Gasteiger partial charge on any atom is -0.366 e. The molecule has 2 aromatic heterocycles. The van der Waals surface area contributed by atoms with Gasteiger partial charge in [-0.15, -0.1) is 17.9 Å². The molecule has 116 valence electrons. The van der Waals surface area contributed by atoms with Crippen LogP contribution in [-0.2, 0) is 0 Å². The number of thiocarbonyl (C=S) groups is 1. The number of likely N-dealkylation sites (tertiary alicyclic amines) is 1. The van der Waals surface area contributed by atoms with Gasteiger partial charge in [0.15, 0.2) is 10.9 Å². The molecule has 0 unspecified atom stereocenters. The molecule has 0 saturated carbocycles. The van der Waals surface area contributed by atoms with Crippen LogP contribution in [0.15, 0.2) is 34.7 Å². The number of halogens is 1. The fraction of sp³-hybridized carbons (Fsp3) is 0.333. The highest BCUT2D eigenvalue weighted by atomic mass is 35.5. The van der Waals surface area contributed by atoms with E-state index in [2.05, 4.69) is 22.0 Å². The molecule has 2 aromatic rings. The summed E-state index contributed by atoms with van der Waals surface area (Å²) in [4.78, 5) is 2.14. The summed E-state index contributed by atoms with van der Waals surface area (Å²) in [5, 5.41) is 9.97. The van der Waals surface area contributed by atoms with E-state index in [9.17, 15) is 0 Å². The third kappa shape index (κ3) is 2.91. The summed E-state index contributed by atoms with van der Waals surface area (Å²) >= 11 is 12.9. The van der Waals surface area contributed by atoms with Gasteiger partial charge in [0.05, 0.1) is 10.4 Å². The second-order valence-corrected chi connectivity index (χ2v) is 7.14. The molecule has 0 bridgehead atoms. The maximum Gasteiger partial charge on any atom is 0.169 e. The predicted molar refractivity (Wildman–Crippen MR) is 94.2 cm³/mol. The molecule has 3 rings (SSSR count). The Bertz CT molecular complexity index is 697. The molecule has 1 N–H and O–H groups in total. The van der Waals surface area contributed by atoms with Crippen LogP contribution in [0.4, 0.5) is 0 Å². The summed E-state index contributed by atoms with van der Waals surface area (Å²) in [5.41, 5.74) is 1.84. The number of rotatable bonds is 3. The van der Waals surface area contributed by atoms with Crippen molar-refractivity contribution in [3.63, 3.8) is 0 Å². The lowest BCUT2D eigenvalue weighted by Gasteiger charge is -2.24. The molecule has 1 saturated heterocycles. The molecular formula is C15H16ClN3OS2. The molecule has 0 aliphatic carbocycles. The van der Waals surface area contributed by atoms with Crippen molar-refractivity contribution >= 4 is 40.3 Å². The van der Waals surface area contributed by atoms with Crippen molar-refractivity contribution in [1.82, 2.24) is 15.4 Å². The zero-order valence-corrected chi connectivity index (χ0v) is 14.5. The van der Waals surface area contributed by atoms with Crippen LogP contribution in [0.25, 0.3) is 11.3 Å². The zero-order chi connectivity index (χ0) is 15.7. The van der Waals surface area contributed by atoms with Crippen molar-refractivity contribution in [3.05, 3.63) is 40.2 Å². The van der Waals surface area contributed by atoms with Crippen LogP contribution in [0.5, 0.6) is 0 Å². The highest BCUT2D eigenvalue weighted by molar-refractivity contribution is 7.80. The first kappa shape index (κ1) is 15.5. The number of hydrogen-bond acceptors (Lipinski definition) is 4. The number of thiophene rings is 1. The van der Waals surface area contributed by atoms with Crippen molar-refractivity contribution in [1.29, 1.82) is 0 Å². The minimum atomic E-state index is 0.106. The van der Waals surface area contributed by atoms with Crippen LogP contribution in [0.2, 0.25) is 4.34 Å². The maximum absolute atomic E-state index is 5.98. The lowest BCUT2D eigenvalue weighted by Crippen LogP contribution is -2.37. The molecular weight excluding hydrogens is 338 g/mol. The smallest absolute Gasteiger partial charge is 0.169 e. The SMILES string of the molecule is C=C[C@@H]1C[C@H](c2cc(-c3csc(Cl)c3)on2)N(C(=S)NC)C1. The minimum absolute atomic E-state index is 0.106. The highest BCUT2D eigenvalue weighted by Crippen LogP contribution is 2.37. The van der Waals surface area contributed by atoms with E-state index in [1.165, 1.54) is 11.3 Å². The van der Waals surface area contributed by atoms with Gasteiger partial charge in [0.1, 0.15) is 5.69 Å². The highest BCUT2D eigenvalue weighted by Gasteiger charge is 2.35. The van der Waals surface area contributed by atoms with E-state index < -0.39 is 0 Å². The Morgan fingerprint density at radius 2 is 2.45 bits per heavy atom. The van der Waals surface area contributed by atoms with Gasteiger partial charge in [-0.3, -0.25) is 0 Å². The van der Waals surface area contributed by atoms with Crippen LogP contribution >= 0.6 is 35.2 Å². The van der Waals surface area contributed by atoms with Crippen molar-refractivity contribution in [3.8, 4) is 11.3 Å². The summed E-state index contributed by atoms with van der Waals surface area (Å²) < 4.78 is 6.22. The molecule has 22 heavy (non-hydrogen) atoms. The van der Waals surface area contributed by atoms with Crippen LogP contribution in [-0.4, -0.2) is 28.8 Å². The summed E-state index contributed by atoms with van der Waals surface area (Å²) in [6.45, 7) is 4.75. The standard InChI is InChI=1S/C15H16ClN3OS2/c1-3-9-4-12(19(7-9)15(21)17-2)11-6-13(20-18-11)10-5-14(16)22-8-10/h3,5-6,8-9,12H,1,4,7H2,2H3,(H,17,21)/t9-,12-/m1/s1. The summed E-state index contributed by atoms with van der Waals surface area (Å²) in [6.07, 6.45) is 2.91. The van der Waals surface area contributed by atoms with E-state index in [4.69, 9.17) is 28.3 Å². The van der Waals surface area contributed by atoms with Gasteiger partial charge in [-0.05, 0) is 30.6 Å². The first-order valence-electron chi connectivity index (χ1n) is 6.94. The van der Waals surface area contributed by atoms with Crippen LogP contribution in [0.1, 0.15) is 18.2 Å². The fourth-order valence-corrected chi connectivity index (χ4v) is 3.78. The van der Waals surface area contributed by atoms with Crippen LogP contribution in [0, 0.1) is 5.92 Å². The van der Waals surface area contributed by atoms with Gasteiger partial charge in [-0.2, -0.15) is 0 Å². The van der Waals surface area contributed by atoms with Crippen molar-refractivity contribution in [2.45, 2.75) is 12.5 Å². The maximum atomic E-state index is 5.98. The van der Waals surface area contributed by atoms with Gasteiger partial charge in [-0.1, -0.05) is 22.8 Å². The van der Waals surface area contributed by atoms with E-state index in [1.54, 1.807) is 0 Å². The largest absolute Gasteiger partial charge is 0.366 e. The van der Waals surface area contributed by atoms with E-state index in [0.29, 0.717) is 5.92 Å². The quantitative estimate of drug-likeness (QED) is 0.664. The Labute approximate surface area is 143 Å². The Hall–Kier alpha value is -1.37. The number of nitrogens with zero attached hydrogens (tertiary/aromatic N) is 2. The molecule has 7 heteroatoms. The van der Waals surface area contributed by atoms with E-state index >= 15 is 0 Å². The summed E-state index contributed by atoms with van der Waals surface area (Å²) in [5.74, 6) is 1.13. The average molecular weight is 354 g/mol. The fourth-order valence-electron chi connectivity index (χ4n) is 2.71. The van der Waals surface area contributed by atoms with E-state index in [0.717, 1.165) is 39.4 Å². The first-order valence-corrected chi connectivity index (χ1v) is 8.61. The lowest BCUT2D eigenvalue weighted by atomic mass is 10.0. The third-order valence-corrected chi connectivity index (χ3v) is 5.39. The number of hydrogen-bond donors (Lipinski definition) is 1. The molecule has 0 aromatic carbocycles. The Morgan fingerprint density at radius 1 is 1.64 bits per heavy atom. The van der Waals surface area contributed by atoms with E-state index in [-0.39, 0.29) is 6.04 Å². The zero-order valence-electron chi connectivity index (χ0n) is 12.1. The molecule has 0 radical (unpaired) electrons. The molecule has 3 heterocycles. The second kappa shape index (κ2) is 6.40. The molecule has 0 spiro atoms. The van der Waals surface area contributed by atoms with Crippen molar-refractivity contribution in [2.24, 2.45) is 5.92 Å². The monoisotopic (exact) mass is 353 g/mol. The number of nitrogens with one attached hydrogen (secondary N) is 1. The van der Waals surface area contributed by atoms with Gasteiger partial charge in [0.2, 0.25) is 0 Å². The third-order valence-electron chi connectivity index (χ3n) is 3.86. The molecule has 1 fully saturated rings. The van der Waals surface area contributed by atoms with Crippen LogP contribution in [0.3, 0.4) is 0 Å². The molecule has 1 aliphatic rings. The van der Waals surface area contributed by atoms with Crippen LogP contribution < -0.4 is 5.32 Å². The average Bonchev–Trinajstić information content (AvgIpc) is 3.23. The van der Waals surface area contributed by atoms with Crippen molar-refractivity contribution in [2.75, 3.05) is 13.6 Å².